The Kier molecular flexibility index (Phi) is 9.75. The number of rotatable bonds is 8. The topological polar surface area (TPSA) is 151 Å². The molecule has 0 aliphatic carbocycles. The fraction of sp³-hybridized carbons (Fsp3) is 0.312. The van der Waals surface area contributed by atoms with Crippen LogP contribution in [-0.2, 0) is 19.6 Å². The maximum absolute atomic E-state index is 14.1. The van der Waals surface area contributed by atoms with Crippen molar-refractivity contribution in [3.63, 3.8) is 0 Å². The molecule has 1 fully saturated rings. The molecule has 2 atom stereocenters. The number of amides is 3. The minimum Gasteiger partial charge on any atom is -0.619 e. The van der Waals surface area contributed by atoms with Gasteiger partial charge in [0.15, 0.2) is 12.4 Å². The first-order valence-corrected chi connectivity index (χ1v) is 16.5. The fourth-order valence-corrected chi connectivity index (χ4v) is 7.18. The third kappa shape index (κ3) is 7.34. The highest BCUT2D eigenvalue weighted by Gasteiger charge is 2.44. The fourth-order valence-electron chi connectivity index (χ4n) is 5.45. The zero-order valence-electron chi connectivity index (χ0n) is 26.3. The standard InChI is InChI=1S/C32H34ClN7O6S/c1-36(2)29(41)15-26-19-39(47(45,46)28-8-6-22-13-25(33)7-5-23(22)14-28)20-27(16-30(42)37(3)4)40(26)32(43)31-34-17-24(18-35-31)21-9-11-38(44)12-10-21/h5-14,17-18,26-27H,15-16,19-20H2,1-4H3/t26-,27+. The summed E-state index contributed by atoms with van der Waals surface area (Å²) < 4.78 is 30.1. The van der Waals surface area contributed by atoms with Crippen molar-refractivity contribution < 1.29 is 27.5 Å². The number of nitrogens with zero attached hydrogens (tertiary/aromatic N) is 7. The first-order valence-electron chi connectivity index (χ1n) is 14.7. The molecule has 1 aliphatic rings. The predicted molar refractivity (Wildman–Crippen MR) is 175 cm³/mol. The van der Waals surface area contributed by atoms with Crippen LogP contribution < -0.4 is 4.73 Å². The molecule has 2 aromatic carbocycles. The average Bonchev–Trinajstić information content (AvgIpc) is 3.04. The predicted octanol–water partition coefficient (Wildman–Crippen LogP) is 2.42. The lowest BCUT2D eigenvalue weighted by atomic mass is 10.0. The van der Waals surface area contributed by atoms with Gasteiger partial charge in [0, 0.05) is 89.2 Å². The monoisotopic (exact) mass is 679 g/mol. The molecule has 0 N–H and O–H groups in total. The highest BCUT2D eigenvalue weighted by Crippen LogP contribution is 2.30. The van der Waals surface area contributed by atoms with Crippen molar-refractivity contribution in [2.45, 2.75) is 29.8 Å². The zero-order valence-corrected chi connectivity index (χ0v) is 27.8. The summed E-state index contributed by atoms with van der Waals surface area (Å²) in [6.45, 7) is -0.396. The summed E-state index contributed by atoms with van der Waals surface area (Å²) in [5.74, 6) is -1.49. The molecule has 0 radical (unpaired) electrons. The second-order valence-corrected chi connectivity index (χ2v) is 14.1. The molecule has 3 amide bonds. The number of benzene rings is 2. The normalized spacial score (nSPS) is 17.0. The minimum absolute atomic E-state index is 0.0322. The van der Waals surface area contributed by atoms with E-state index in [9.17, 15) is 28.0 Å². The number of hydrogen-bond acceptors (Lipinski definition) is 8. The Balaban J connectivity index is 1.53. The third-order valence-corrected chi connectivity index (χ3v) is 10.1. The Morgan fingerprint density at radius 1 is 0.851 bits per heavy atom. The number of aromatic nitrogens is 3. The van der Waals surface area contributed by atoms with Crippen LogP contribution in [0.3, 0.4) is 0 Å². The maximum atomic E-state index is 14.1. The van der Waals surface area contributed by atoms with Crippen LogP contribution in [-0.4, -0.2) is 108 Å². The molecule has 0 bridgehead atoms. The highest BCUT2D eigenvalue weighted by molar-refractivity contribution is 7.89. The summed E-state index contributed by atoms with van der Waals surface area (Å²) in [5.41, 5.74) is 1.23. The lowest BCUT2D eigenvalue weighted by molar-refractivity contribution is -0.605. The summed E-state index contributed by atoms with van der Waals surface area (Å²) in [7, 11) is 2.14. The van der Waals surface area contributed by atoms with Gasteiger partial charge in [-0.2, -0.15) is 9.04 Å². The number of hydrogen-bond donors (Lipinski definition) is 0. The van der Waals surface area contributed by atoms with Crippen molar-refractivity contribution in [3.05, 3.63) is 89.4 Å². The van der Waals surface area contributed by atoms with Gasteiger partial charge in [-0.05, 0) is 40.6 Å². The van der Waals surface area contributed by atoms with Gasteiger partial charge in [-0.3, -0.25) is 14.4 Å². The molecule has 4 aromatic rings. The molecule has 15 heteroatoms. The molecule has 1 aliphatic heterocycles. The molecule has 5 rings (SSSR count). The van der Waals surface area contributed by atoms with E-state index in [1.54, 1.807) is 70.7 Å². The van der Waals surface area contributed by atoms with E-state index >= 15 is 0 Å². The molecule has 3 heterocycles. The van der Waals surface area contributed by atoms with Crippen LogP contribution in [0.5, 0.6) is 0 Å². The Morgan fingerprint density at radius 3 is 1.94 bits per heavy atom. The molecule has 0 saturated carbocycles. The largest absolute Gasteiger partial charge is 0.619 e. The van der Waals surface area contributed by atoms with Crippen molar-refractivity contribution in [2.24, 2.45) is 0 Å². The van der Waals surface area contributed by atoms with E-state index in [0.717, 1.165) is 5.39 Å². The van der Waals surface area contributed by atoms with Gasteiger partial charge in [0.25, 0.3) is 5.91 Å². The zero-order chi connectivity index (χ0) is 34.0. The highest BCUT2D eigenvalue weighted by atomic mass is 35.5. The van der Waals surface area contributed by atoms with Crippen molar-refractivity contribution in [3.8, 4) is 11.1 Å². The van der Waals surface area contributed by atoms with E-state index in [-0.39, 0.29) is 48.5 Å². The smallest absolute Gasteiger partial charge is 0.292 e. The summed E-state index contributed by atoms with van der Waals surface area (Å²) >= 11 is 6.11. The van der Waals surface area contributed by atoms with E-state index in [1.165, 1.54) is 49.9 Å². The van der Waals surface area contributed by atoms with Crippen molar-refractivity contribution in [1.82, 2.24) is 29.0 Å². The number of carbonyl (C=O) groups excluding carboxylic acids is 3. The molecule has 0 unspecified atom stereocenters. The lowest BCUT2D eigenvalue weighted by Crippen LogP contribution is -2.63. The van der Waals surface area contributed by atoms with Crippen molar-refractivity contribution in [1.29, 1.82) is 0 Å². The van der Waals surface area contributed by atoms with Gasteiger partial charge in [0.2, 0.25) is 27.7 Å². The quantitative estimate of drug-likeness (QED) is 0.204. The molecule has 13 nitrogen and oxygen atoms in total. The van der Waals surface area contributed by atoms with Crippen LogP contribution in [0.25, 0.3) is 21.9 Å². The number of halogens is 1. The van der Waals surface area contributed by atoms with E-state index in [4.69, 9.17) is 11.6 Å². The number of pyridine rings is 1. The average molecular weight is 680 g/mol. The molecule has 2 aromatic heterocycles. The summed E-state index contributed by atoms with van der Waals surface area (Å²) in [6.07, 6.45) is 5.13. The van der Waals surface area contributed by atoms with Crippen LogP contribution in [0.4, 0.5) is 0 Å². The van der Waals surface area contributed by atoms with Gasteiger partial charge in [-0.25, -0.2) is 18.4 Å². The molecule has 47 heavy (non-hydrogen) atoms. The summed E-state index contributed by atoms with van der Waals surface area (Å²) in [5, 5.41) is 13.4. The second-order valence-electron chi connectivity index (χ2n) is 11.7. The van der Waals surface area contributed by atoms with Gasteiger partial charge >= 0.3 is 0 Å². The van der Waals surface area contributed by atoms with E-state index in [2.05, 4.69) is 9.97 Å². The van der Waals surface area contributed by atoms with Gasteiger partial charge < -0.3 is 19.9 Å². The molecule has 246 valence electrons. The lowest BCUT2D eigenvalue weighted by Gasteiger charge is -2.46. The number of fused-ring (bicyclic) bond motifs is 1. The Hall–Kier alpha value is -4.66. The second kappa shape index (κ2) is 13.6. The number of sulfonamides is 1. The third-order valence-electron chi connectivity index (χ3n) is 8.06. The number of carbonyl (C=O) groups is 3. The van der Waals surface area contributed by atoms with E-state index in [1.807, 2.05) is 0 Å². The van der Waals surface area contributed by atoms with Gasteiger partial charge in [0.05, 0.1) is 17.0 Å². The first kappa shape index (κ1) is 33.7. The first-order chi connectivity index (χ1) is 22.2. The van der Waals surface area contributed by atoms with Crippen LogP contribution in [0.1, 0.15) is 23.5 Å². The molecular weight excluding hydrogens is 646 g/mol. The van der Waals surface area contributed by atoms with E-state index in [0.29, 0.717) is 26.3 Å². The summed E-state index contributed by atoms with van der Waals surface area (Å²) in [4.78, 5) is 53.0. The molecule has 0 spiro atoms. The minimum atomic E-state index is -4.14. The Labute approximate surface area is 277 Å². The Morgan fingerprint density at radius 2 is 1.38 bits per heavy atom. The van der Waals surface area contributed by atoms with Gasteiger partial charge in [0.1, 0.15) is 0 Å². The SMILES string of the molecule is CN(C)C(=O)C[C@@H]1CN(S(=O)(=O)c2ccc3cc(Cl)ccc3c2)C[C@H](CC(=O)N(C)C)N1C(=O)c1ncc(-c2cc[n+]([O-])cc2)cn1. The van der Waals surface area contributed by atoms with Crippen LogP contribution in [0.2, 0.25) is 5.02 Å². The summed E-state index contributed by atoms with van der Waals surface area (Å²) in [6, 6.07) is 11.1. The Bertz CT molecular complexity index is 1890. The number of piperazine rings is 1. The van der Waals surface area contributed by atoms with Crippen molar-refractivity contribution >= 4 is 50.1 Å². The maximum Gasteiger partial charge on any atom is 0.292 e. The van der Waals surface area contributed by atoms with Gasteiger partial charge in [-0.1, -0.05) is 23.7 Å². The van der Waals surface area contributed by atoms with Crippen LogP contribution in [0, 0.1) is 5.21 Å². The van der Waals surface area contributed by atoms with Gasteiger partial charge in [-0.15, -0.1) is 0 Å². The van der Waals surface area contributed by atoms with E-state index < -0.39 is 28.0 Å². The molecule has 1 saturated heterocycles. The van der Waals surface area contributed by atoms with Crippen LogP contribution >= 0.6 is 11.6 Å². The molecular formula is C32H34ClN7O6S. The van der Waals surface area contributed by atoms with Crippen LogP contribution in [0.15, 0.2) is 78.2 Å². The van der Waals surface area contributed by atoms with Crippen molar-refractivity contribution in [2.75, 3.05) is 41.3 Å².